The Morgan fingerprint density at radius 3 is 2.89 bits per heavy atom. The molecule has 1 amide bonds. The zero-order valence-corrected chi connectivity index (χ0v) is 11.1. The van der Waals surface area contributed by atoms with Crippen LogP contribution in [0.25, 0.3) is 0 Å². The molecule has 0 saturated carbocycles. The van der Waals surface area contributed by atoms with E-state index in [2.05, 4.69) is 26.6 Å². The van der Waals surface area contributed by atoms with Crippen molar-refractivity contribution in [2.45, 2.75) is 12.5 Å². The third kappa shape index (κ3) is 2.46. The third-order valence-electron chi connectivity index (χ3n) is 2.59. The Balaban J connectivity index is 2.28. The molecule has 18 heavy (non-hydrogen) atoms. The first-order valence-electron chi connectivity index (χ1n) is 5.25. The zero-order valence-electron chi connectivity index (χ0n) is 9.47. The van der Waals surface area contributed by atoms with Crippen LogP contribution in [0, 0.1) is 0 Å². The van der Waals surface area contributed by atoms with Crippen LogP contribution >= 0.6 is 15.9 Å². The number of likely N-dealkylation sites (N-methyl/N-ethyl adjacent to an activating group) is 1. The topological polar surface area (TPSA) is 50.4 Å². The van der Waals surface area contributed by atoms with Gasteiger partial charge in [0.1, 0.15) is 18.4 Å². The number of halogens is 3. The highest BCUT2D eigenvalue weighted by Gasteiger charge is 2.30. The van der Waals surface area contributed by atoms with Gasteiger partial charge in [-0.3, -0.25) is 4.79 Å². The van der Waals surface area contributed by atoms with Crippen molar-refractivity contribution < 1.29 is 18.3 Å². The molecule has 7 heteroatoms. The summed E-state index contributed by atoms with van der Waals surface area (Å²) in [5.74, 6) is 0.108. The number of hydrogen-bond acceptors (Lipinski definition) is 3. The number of hydrogen-bond donors (Lipinski definition) is 2. The summed E-state index contributed by atoms with van der Waals surface area (Å²) in [6.07, 6.45) is -2.54. The van der Waals surface area contributed by atoms with Crippen LogP contribution < -0.4 is 15.4 Å². The van der Waals surface area contributed by atoms with Crippen molar-refractivity contribution in [3.8, 4) is 5.75 Å². The molecular formula is C11H11BrF2N2O2. The summed E-state index contributed by atoms with van der Waals surface area (Å²) in [6, 6.07) is 2.80. The Kier molecular flexibility index (Phi) is 3.82. The predicted octanol–water partition coefficient (Wildman–Crippen LogP) is 2.31. The van der Waals surface area contributed by atoms with Crippen LogP contribution in [0.15, 0.2) is 16.6 Å². The maximum atomic E-state index is 12.1. The van der Waals surface area contributed by atoms with E-state index in [1.165, 1.54) is 6.07 Å². The van der Waals surface area contributed by atoms with Crippen LogP contribution in [0.2, 0.25) is 0 Å². The van der Waals surface area contributed by atoms with Crippen LogP contribution in [0.4, 0.5) is 14.5 Å². The van der Waals surface area contributed by atoms with Crippen LogP contribution in [0.3, 0.4) is 0 Å². The zero-order chi connectivity index (χ0) is 13.3. The van der Waals surface area contributed by atoms with E-state index in [-0.39, 0.29) is 11.7 Å². The molecule has 1 aliphatic heterocycles. The number of fused-ring (bicyclic) bond motifs is 1. The minimum atomic E-state index is -2.54. The van der Waals surface area contributed by atoms with E-state index in [0.29, 0.717) is 10.2 Å². The Hall–Kier alpha value is -1.21. The van der Waals surface area contributed by atoms with Gasteiger partial charge >= 0.3 is 0 Å². The second-order valence-electron chi connectivity index (χ2n) is 3.78. The molecule has 0 fully saturated rings. The molecule has 1 aromatic rings. The first kappa shape index (κ1) is 13.2. The number of amides is 1. The maximum absolute atomic E-state index is 12.1. The molecule has 1 aromatic carbocycles. The fourth-order valence-corrected chi connectivity index (χ4v) is 2.29. The van der Waals surface area contributed by atoms with E-state index in [0.717, 1.165) is 5.56 Å². The fourth-order valence-electron chi connectivity index (χ4n) is 1.81. The summed E-state index contributed by atoms with van der Waals surface area (Å²) in [7, 11) is 1.68. The lowest BCUT2D eigenvalue weighted by atomic mass is 10.1. The first-order valence-corrected chi connectivity index (χ1v) is 6.04. The number of carbonyl (C=O) groups is 1. The number of anilines is 1. The summed E-state index contributed by atoms with van der Waals surface area (Å²) >= 11 is 3.24. The van der Waals surface area contributed by atoms with Gasteiger partial charge in [0.25, 0.3) is 6.43 Å². The summed E-state index contributed by atoms with van der Waals surface area (Å²) in [5, 5.41) is 5.54. The maximum Gasteiger partial charge on any atom is 0.272 e. The fraction of sp³-hybridized carbons (Fsp3) is 0.364. The Bertz CT molecular complexity index is 482. The van der Waals surface area contributed by atoms with Crippen molar-refractivity contribution in [1.82, 2.24) is 5.32 Å². The Labute approximate surface area is 111 Å². The summed E-state index contributed by atoms with van der Waals surface area (Å²) < 4.78 is 29.7. The van der Waals surface area contributed by atoms with Crippen molar-refractivity contribution in [2.75, 3.05) is 19.0 Å². The smallest absolute Gasteiger partial charge is 0.272 e. The largest absolute Gasteiger partial charge is 0.486 e. The van der Waals surface area contributed by atoms with Gasteiger partial charge in [0.05, 0.1) is 4.47 Å². The van der Waals surface area contributed by atoms with Gasteiger partial charge in [0, 0.05) is 17.3 Å². The molecule has 1 unspecified atom stereocenters. The number of ether oxygens (including phenoxy) is 1. The molecule has 2 N–H and O–H groups in total. The molecule has 1 heterocycles. The minimum Gasteiger partial charge on any atom is -0.486 e. The van der Waals surface area contributed by atoms with Crippen LogP contribution in [-0.4, -0.2) is 26.0 Å². The molecule has 98 valence electrons. The molecule has 0 saturated heterocycles. The molecular weight excluding hydrogens is 310 g/mol. The molecule has 4 nitrogen and oxygen atoms in total. The second-order valence-corrected chi connectivity index (χ2v) is 4.64. The molecule has 1 aliphatic rings. The van der Waals surface area contributed by atoms with Crippen LogP contribution in [0.5, 0.6) is 5.75 Å². The Morgan fingerprint density at radius 1 is 1.56 bits per heavy atom. The van der Waals surface area contributed by atoms with Crippen molar-refractivity contribution in [3.05, 3.63) is 22.2 Å². The molecule has 0 spiro atoms. The van der Waals surface area contributed by atoms with Gasteiger partial charge in [-0.15, -0.1) is 0 Å². The summed E-state index contributed by atoms with van der Waals surface area (Å²) in [5.41, 5.74) is 1.34. The molecule has 1 atom stereocenters. The lowest BCUT2D eigenvalue weighted by Crippen LogP contribution is -2.23. The summed E-state index contributed by atoms with van der Waals surface area (Å²) in [4.78, 5) is 11.6. The van der Waals surface area contributed by atoms with Gasteiger partial charge in [0.15, 0.2) is 0 Å². The van der Waals surface area contributed by atoms with E-state index < -0.39 is 19.1 Å². The highest BCUT2D eigenvalue weighted by molar-refractivity contribution is 9.10. The van der Waals surface area contributed by atoms with Gasteiger partial charge in [-0.25, -0.2) is 8.78 Å². The number of nitrogens with one attached hydrogen (secondary N) is 2. The standard InChI is InChI=1S/C11H11BrF2N2O2/c1-15-10-5-2-6(12)8(18-4-9(13)14)3-7(5)16-11(10)17/h2-3,9-10,15H,4H2,1H3,(H,16,17). The molecule has 0 aromatic heterocycles. The number of carbonyl (C=O) groups excluding carboxylic acids is 1. The highest BCUT2D eigenvalue weighted by Crippen LogP contribution is 2.38. The number of rotatable bonds is 4. The van der Waals surface area contributed by atoms with E-state index in [1.807, 2.05) is 0 Å². The SMILES string of the molecule is CNC1C(=O)Nc2cc(OCC(F)F)c(Br)cc21. The van der Waals surface area contributed by atoms with Crippen molar-refractivity contribution >= 4 is 27.5 Å². The first-order chi connectivity index (χ1) is 8.52. The average Bonchev–Trinajstić information content (AvgIpc) is 2.60. The lowest BCUT2D eigenvalue weighted by Gasteiger charge is -2.11. The lowest BCUT2D eigenvalue weighted by molar-refractivity contribution is -0.117. The van der Waals surface area contributed by atoms with Crippen molar-refractivity contribution in [2.24, 2.45) is 0 Å². The summed E-state index contributed by atoms with van der Waals surface area (Å²) in [6.45, 7) is -0.680. The van der Waals surface area contributed by atoms with Gasteiger partial charge in [-0.1, -0.05) is 0 Å². The molecule has 0 bridgehead atoms. The third-order valence-corrected chi connectivity index (χ3v) is 3.21. The average molecular weight is 321 g/mol. The predicted molar refractivity (Wildman–Crippen MR) is 66.1 cm³/mol. The quantitative estimate of drug-likeness (QED) is 0.895. The van der Waals surface area contributed by atoms with Gasteiger partial charge in [-0.05, 0) is 29.0 Å². The van der Waals surface area contributed by atoms with E-state index in [4.69, 9.17) is 4.74 Å². The molecule has 0 radical (unpaired) electrons. The highest BCUT2D eigenvalue weighted by atomic mass is 79.9. The Morgan fingerprint density at radius 2 is 2.28 bits per heavy atom. The molecule has 0 aliphatic carbocycles. The molecule has 2 rings (SSSR count). The van der Waals surface area contributed by atoms with Crippen molar-refractivity contribution in [1.29, 1.82) is 0 Å². The van der Waals surface area contributed by atoms with Crippen LogP contribution in [-0.2, 0) is 4.79 Å². The van der Waals surface area contributed by atoms with Gasteiger partial charge in [0.2, 0.25) is 5.91 Å². The minimum absolute atomic E-state index is 0.176. The van der Waals surface area contributed by atoms with Crippen molar-refractivity contribution in [3.63, 3.8) is 0 Å². The number of alkyl halides is 2. The normalized spacial score (nSPS) is 17.8. The monoisotopic (exact) mass is 320 g/mol. The second kappa shape index (κ2) is 5.19. The van der Waals surface area contributed by atoms with Crippen LogP contribution in [0.1, 0.15) is 11.6 Å². The van der Waals surface area contributed by atoms with E-state index in [9.17, 15) is 13.6 Å². The van der Waals surface area contributed by atoms with Gasteiger partial charge in [-0.2, -0.15) is 0 Å². The van der Waals surface area contributed by atoms with E-state index in [1.54, 1.807) is 13.1 Å². The van der Waals surface area contributed by atoms with Gasteiger partial charge < -0.3 is 15.4 Å². The number of benzene rings is 1. The van der Waals surface area contributed by atoms with E-state index >= 15 is 0 Å².